The average molecular weight is 428 g/mol. The van der Waals surface area contributed by atoms with E-state index < -0.39 is 24.2 Å². The Labute approximate surface area is 181 Å². The Kier molecular flexibility index (Phi) is 6.22. The van der Waals surface area contributed by atoms with Gasteiger partial charge in [-0.3, -0.25) is 24.2 Å². The molecule has 0 aromatic heterocycles. The maximum Gasteiger partial charge on any atom is 0.308 e. The molecule has 3 aliphatic rings. The molecule has 1 unspecified atom stereocenters. The molecule has 3 amide bonds. The predicted octanol–water partition coefficient (Wildman–Crippen LogP) is 0.607. The van der Waals surface area contributed by atoms with Gasteiger partial charge in [0.15, 0.2) is 0 Å². The molecule has 9 heteroatoms. The van der Waals surface area contributed by atoms with Gasteiger partial charge in [0.1, 0.15) is 18.2 Å². The minimum Gasteiger partial charge on any atom is -0.460 e. The van der Waals surface area contributed by atoms with Crippen LogP contribution in [-0.2, 0) is 19.1 Å². The van der Waals surface area contributed by atoms with Crippen LogP contribution in [0.4, 0.5) is 0 Å². The lowest BCUT2D eigenvalue weighted by atomic mass is 10.0. The average Bonchev–Trinajstić information content (AvgIpc) is 2.99. The van der Waals surface area contributed by atoms with Crippen LogP contribution >= 0.6 is 0 Å². The Morgan fingerprint density at radius 2 is 1.74 bits per heavy atom. The van der Waals surface area contributed by atoms with Gasteiger partial charge < -0.3 is 15.4 Å². The SMILES string of the molecule is CC1OC(=O)C[C@@H]1NC(=O)[C@@H]1CCCN2CCC[C@H](NC(=O)c3ccccc3)C(=O)N12. The number of carbonyl (C=O) groups is 4. The van der Waals surface area contributed by atoms with E-state index in [-0.39, 0.29) is 30.1 Å². The zero-order valence-corrected chi connectivity index (χ0v) is 17.6. The third kappa shape index (κ3) is 4.56. The molecule has 0 spiro atoms. The molecule has 0 radical (unpaired) electrons. The predicted molar refractivity (Wildman–Crippen MR) is 110 cm³/mol. The number of benzene rings is 1. The highest BCUT2D eigenvalue weighted by atomic mass is 16.6. The largest absolute Gasteiger partial charge is 0.460 e. The second-order valence-corrected chi connectivity index (χ2v) is 8.34. The normalized spacial score (nSPS) is 29.0. The zero-order chi connectivity index (χ0) is 22.0. The van der Waals surface area contributed by atoms with Gasteiger partial charge in [0, 0.05) is 18.7 Å². The Morgan fingerprint density at radius 1 is 1.03 bits per heavy atom. The van der Waals surface area contributed by atoms with Gasteiger partial charge >= 0.3 is 5.97 Å². The molecule has 4 rings (SSSR count). The van der Waals surface area contributed by atoms with E-state index in [1.54, 1.807) is 31.2 Å². The summed E-state index contributed by atoms with van der Waals surface area (Å²) >= 11 is 0. The van der Waals surface area contributed by atoms with Gasteiger partial charge in [0.25, 0.3) is 11.8 Å². The fraction of sp³-hybridized carbons (Fsp3) is 0.545. The molecule has 4 atom stereocenters. The molecular weight excluding hydrogens is 400 g/mol. The maximum absolute atomic E-state index is 13.4. The summed E-state index contributed by atoms with van der Waals surface area (Å²) in [6.45, 7) is 3.08. The van der Waals surface area contributed by atoms with E-state index in [0.29, 0.717) is 31.5 Å². The number of hydrazine groups is 1. The summed E-state index contributed by atoms with van der Waals surface area (Å²) in [6, 6.07) is 7.01. The molecule has 0 saturated carbocycles. The van der Waals surface area contributed by atoms with E-state index in [0.717, 1.165) is 12.8 Å². The van der Waals surface area contributed by atoms with Crippen LogP contribution in [0.1, 0.15) is 49.4 Å². The number of ether oxygens (including phenoxy) is 1. The highest BCUT2D eigenvalue weighted by Crippen LogP contribution is 2.25. The lowest BCUT2D eigenvalue weighted by Gasteiger charge is -2.43. The summed E-state index contributed by atoms with van der Waals surface area (Å²) in [5, 5.41) is 9.19. The third-order valence-corrected chi connectivity index (χ3v) is 6.17. The van der Waals surface area contributed by atoms with Crippen LogP contribution in [0, 0.1) is 0 Å². The zero-order valence-electron chi connectivity index (χ0n) is 17.6. The number of hydrogen-bond donors (Lipinski definition) is 2. The van der Waals surface area contributed by atoms with Crippen LogP contribution in [0.5, 0.6) is 0 Å². The van der Waals surface area contributed by atoms with Crippen molar-refractivity contribution in [2.45, 2.75) is 63.3 Å². The van der Waals surface area contributed by atoms with E-state index in [1.807, 2.05) is 11.1 Å². The second-order valence-electron chi connectivity index (χ2n) is 8.34. The lowest BCUT2D eigenvalue weighted by Crippen LogP contribution is -2.63. The van der Waals surface area contributed by atoms with Gasteiger partial charge in [-0.05, 0) is 44.7 Å². The van der Waals surface area contributed by atoms with Crippen LogP contribution in [0.25, 0.3) is 0 Å². The van der Waals surface area contributed by atoms with Crippen molar-refractivity contribution in [2.24, 2.45) is 0 Å². The van der Waals surface area contributed by atoms with E-state index in [9.17, 15) is 19.2 Å². The van der Waals surface area contributed by atoms with E-state index in [4.69, 9.17) is 4.74 Å². The van der Waals surface area contributed by atoms with Crippen LogP contribution in [0.3, 0.4) is 0 Å². The summed E-state index contributed by atoms with van der Waals surface area (Å²) in [6.07, 6.45) is 2.31. The first-order chi connectivity index (χ1) is 14.9. The smallest absolute Gasteiger partial charge is 0.308 e. The molecule has 3 aliphatic heterocycles. The summed E-state index contributed by atoms with van der Waals surface area (Å²) in [7, 11) is 0. The van der Waals surface area contributed by atoms with Gasteiger partial charge in [-0.25, -0.2) is 5.01 Å². The Morgan fingerprint density at radius 3 is 2.42 bits per heavy atom. The Hall–Kier alpha value is -2.94. The number of rotatable bonds is 4. The number of amides is 3. The molecule has 3 saturated heterocycles. The number of hydrogen-bond acceptors (Lipinski definition) is 6. The van der Waals surface area contributed by atoms with Crippen molar-refractivity contribution < 1.29 is 23.9 Å². The van der Waals surface area contributed by atoms with E-state index in [1.165, 1.54) is 5.01 Å². The van der Waals surface area contributed by atoms with Crippen molar-refractivity contribution in [3.8, 4) is 0 Å². The number of nitrogens with zero attached hydrogens (tertiary/aromatic N) is 2. The summed E-state index contributed by atoms with van der Waals surface area (Å²) in [4.78, 5) is 50.7. The van der Waals surface area contributed by atoms with Gasteiger partial charge in [-0.15, -0.1) is 0 Å². The van der Waals surface area contributed by atoms with Crippen molar-refractivity contribution in [3.63, 3.8) is 0 Å². The van der Waals surface area contributed by atoms with E-state index in [2.05, 4.69) is 10.6 Å². The Balaban J connectivity index is 1.48. The first-order valence-electron chi connectivity index (χ1n) is 10.9. The van der Waals surface area contributed by atoms with Crippen LogP contribution in [-0.4, -0.2) is 71.0 Å². The molecule has 2 N–H and O–H groups in total. The molecular formula is C22H28N4O5. The lowest BCUT2D eigenvalue weighted by molar-refractivity contribution is -0.167. The van der Waals surface area contributed by atoms with E-state index >= 15 is 0 Å². The number of nitrogens with one attached hydrogen (secondary N) is 2. The fourth-order valence-electron chi connectivity index (χ4n) is 4.51. The van der Waals surface area contributed by atoms with Gasteiger partial charge in [0.05, 0.1) is 12.5 Å². The highest BCUT2D eigenvalue weighted by molar-refractivity contribution is 5.98. The number of fused-ring (bicyclic) bond motifs is 1. The van der Waals surface area contributed by atoms with Crippen LogP contribution < -0.4 is 10.6 Å². The van der Waals surface area contributed by atoms with Crippen molar-refractivity contribution in [2.75, 3.05) is 13.1 Å². The Bertz CT molecular complexity index is 861. The van der Waals surface area contributed by atoms with Crippen molar-refractivity contribution in [1.82, 2.24) is 20.7 Å². The van der Waals surface area contributed by atoms with Crippen molar-refractivity contribution in [1.29, 1.82) is 0 Å². The molecule has 1 aromatic rings. The topological polar surface area (TPSA) is 108 Å². The maximum atomic E-state index is 13.4. The van der Waals surface area contributed by atoms with Crippen molar-refractivity contribution >= 4 is 23.7 Å². The summed E-state index contributed by atoms with van der Waals surface area (Å²) < 4.78 is 5.12. The number of cyclic esters (lactones) is 1. The minimum absolute atomic E-state index is 0.132. The molecule has 0 aliphatic carbocycles. The summed E-state index contributed by atoms with van der Waals surface area (Å²) in [5.74, 6) is -1.20. The molecule has 3 fully saturated rings. The van der Waals surface area contributed by atoms with Gasteiger partial charge in [-0.1, -0.05) is 18.2 Å². The van der Waals surface area contributed by atoms with Crippen molar-refractivity contribution in [3.05, 3.63) is 35.9 Å². The van der Waals surface area contributed by atoms with Gasteiger partial charge in [0.2, 0.25) is 5.91 Å². The molecule has 166 valence electrons. The number of esters is 1. The van der Waals surface area contributed by atoms with Crippen LogP contribution in [0.15, 0.2) is 30.3 Å². The first-order valence-corrected chi connectivity index (χ1v) is 10.9. The highest BCUT2D eigenvalue weighted by Gasteiger charge is 2.43. The second kappa shape index (κ2) is 9.05. The minimum atomic E-state index is -0.693. The number of carbonyl (C=O) groups excluding carboxylic acids is 4. The third-order valence-electron chi connectivity index (χ3n) is 6.17. The molecule has 31 heavy (non-hydrogen) atoms. The molecule has 3 heterocycles. The van der Waals surface area contributed by atoms with Gasteiger partial charge in [-0.2, -0.15) is 0 Å². The summed E-state index contributed by atoms with van der Waals surface area (Å²) in [5.41, 5.74) is 0.490. The monoisotopic (exact) mass is 428 g/mol. The molecule has 9 nitrogen and oxygen atoms in total. The fourth-order valence-corrected chi connectivity index (χ4v) is 4.51. The van der Waals surface area contributed by atoms with Crippen LogP contribution in [0.2, 0.25) is 0 Å². The quantitative estimate of drug-likeness (QED) is 0.681. The standard InChI is InChI=1S/C22H28N4O5/c1-14-17(13-19(27)31-14)24-21(29)18-10-6-12-25-11-5-9-16(22(30)26(18)25)23-20(28)15-7-3-2-4-8-15/h2-4,7-8,14,16-18H,5-6,9-13H2,1H3,(H,23,28)(H,24,29)/t14?,16-,17-,18-/m0/s1. The first kappa shape index (κ1) is 21.3. The molecule has 1 aromatic carbocycles. The molecule has 0 bridgehead atoms.